The molecular weight excluding hydrogens is 326 g/mol. The van der Waals surface area contributed by atoms with Crippen LogP contribution in [0.15, 0.2) is 0 Å². The molecule has 0 spiro atoms. The second-order valence-electron chi connectivity index (χ2n) is 8.25. The molecule has 4 bridgehead atoms. The van der Waals surface area contributed by atoms with Gasteiger partial charge < -0.3 is 20.1 Å². The summed E-state index contributed by atoms with van der Waals surface area (Å²) in [5.41, 5.74) is -1.36. The Balaban J connectivity index is 1.61. The molecule has 0 amide bonds. The van der Waals surface area contributed by atoms with Crippen molar-refractivity contribution in [2.24, 2.45) is 22.7 Å². The minimum absolute atomic E-state index is 0.0115. The molecule has 4 saturated carbocycles. The smallest absolute Gasteiger partial charge is 0.312 e. The molecule has 0 aliphatic heterocycles. The third-order valence-corrected chi connectivity index (χ3v) is 6.42. The number of rotatable bonds is 9. The maximum Gasteiger partial charge on any atom is 0.312 e. The molecule has 0 aromatic heterocycles. The molecule has 3 N–H and O–H groups in total. The van der Waals surface area contributed by atoms with Crippen molar-refractivity contribution in [2.75, 3.05) is 39.5 Å². The molecule has 4 aliphatic rings. The average molecular weight is 355 g/mol. The summed E-state index contributed by atoms with van der Waals surface area (Å²) < 4.78 is 5.54. The third-order valence-electron chi connectivity index (χ3n) is 6.42. The lowest BCUT2D eigenvalue weighted by Crippen LogP contribution is -2.58. The fourth-order valence-corrected chi connectivity index (χ4v) is 5.79. The van der Waals surface area contributed by atoms with Crippen molar-refractivity contribution in [3.8, 4) is 0 Å². The number of hydrogen-bond acceptors (Lipinski definition) is 6. The molecule has 0 aromatic carbocycles. The predicted octanol–water partition coefficient (Wildman–Crippen LogP) is 0.487. The van der Waals surface area contributed by atoms with E-state index in [0.717, 1.165) is 19.3 Å². The number of aliphatic carboxylic acids is 1. The standard InChI is InChI=1S/C18H29NO6/c20-4-1-19(2-5-21)3-6-25-16(24)18-10-13-7-14(11-18)9-17(8-13,12-18)15(22)23/h13-14,20-21H,1-12H2,(H,22,23). The van der Waals surface area contributed by atoms with Gasteiger partial charge in [0.05, 0.1) is 24.0 Å². The summed E-state index contributed by atoms with van der Waals surface area (Å²) >= 11 is 0. The number of carbonyl (C=O) groups excluding carboxylic acids is 1. The SMILES string of the molecule is O=C(O)C12CC3CC(C1)CC(C(=O)OCCN(CCO)CCO)(C3)C2. The first kappa shape index (κ1) is 18.6. The lowest BCUT2D eigenvalue weighted by molar-refractivity contribution is -0.191. The maximum atomic E-state index is 12.8. The van der Waals surface area contributed by atoms with Crippen LogP contribution in [0.4, 0.5) is 0 Å². The number of nitrogens with zero attached hydrogens (tertiary/aromatic N) is 1. The Morgan fingerprint density at radius 1 is 0.960 bits per heavy atom. The van der Waals surface area contributed by atoms with Crippen molar-refractivity contribution >= 4 is 11.9 Å². The van der Waals surface area contributed by atoms with Gasteiger partial charge >= 0.3 is 11.9 Å². The Morgan fingerprint density at radius 3 is 2.04 bits per heavy atom. The predicted molar refractivity (Wildman–Crippen MR) is 88.8 cm³/mol. The van der Waals surface area contributed by atoms with Crippen LogP contribution in [-0.2, 0) is 14.3 Å². The van der Waals surface area contributed by atoms with Crippen molar-refractivity contribution in [3.63, 3.8) is 0 Å². The van der Waals surface area contributed by atoms with Gasteiger partial charge in [0, 0.05) is 19.6 Å². The maximum absolute atomic E-state index is 12.8. The zero-order valence-corrected chi connectivity index (χ0v) is 14.7. The molecule has 7 nitrogen and oxygen atoms in total. The highest BCUT2D eigenvalue weighted by atomic mass is 16.5. The van der Waals surface area contributed by atoms with Gasteiger partial charge in [-0.05, 0) is 50.4 Å². The van der Waals surface area contributed by atoms with Crippen molar-refractivity contribution in [1.29, 1.82) is 0 Å². The first-order chi connectivity index (χ1) is 11.9. The Bertz CT molecular complexity index is 502. The monoisotopic (exact) mass is 355 g/mol. The van der Waals surface area contributed by atoms with E-state index in [2.05, 4.69) is 0 Å². The van der Waals surface area contributed by atoms with Gasteiger partial charge in [-0.15, -0.1) is 0 Å². The van der Waals surface area contributed by atoms with Crippen LogP contribution in [0, 0.1) is 22.7 Å². The van der Waals surface area contributed by atoms with Gasteiger partial charge in [-0.1, -0.05) is 0 Å². The van der Waals surface area contributed by atoms with Gasteiger partial charge in [0.1, 0.15) is 6.61 Å². The summed E-state index contributed by atoms with van der Waals surface area (Å²) in [6.45, 7) is 1.49. The van der Waals surface area contributed by atoms with E-state index in [1.165, 1.54) is 0 Å². The van der Waals surface area contributed by atoms with E-state index in [0.29, 0.717) is 50.7 Å². The van der Waals surface area contributed by atoms with Crippen LogP contribution < -0.4 is 0 Å². The summed E-state index contributed by atoms with van der Waals surface area (Å²) in [5.74, 6) is -0.355. The minimum atomic E-state index is -0.754. The van der Waals surface area contributed by atoms with E-state index in [9.17, 15) is 14.7 Å². The average Bonchev–Trinajstić information content (AvgIpc) is 2.53. The first-order valence-corrected chi connectivity index (χ1v) is 9.28. The lowest BCUT2D eigenvalue weighted by atomic mass is 9.44. The largest absolute Gasteiger partial charge is 0.481 e. The van der Waals surface area contributed by atoms with Crippen LogP contribution in [0.1, 0.15) is 38.5 Å². The lowest BCUT2D eigenvalue weighted by Gasteiger charge is -2.59. The highest BCUT2D eigenvalue weighted by molar-refractivity contribution is 5.82. The highest BCUT2D eigenvalue weighted by Crippen LogP contribution is 2.65. The fraction of sp³-hybridized carbons (Fsp3) is 0.889. The molecule has 142 valence electrons. The summed E-state index contributed by atoms with van der Waals surface area (Å²) in [7, 11) is 0. The number of carboxylic acids is 1. The number of aliphatic hydroxyl groups is 2. The van der Waals surface area contributed by atoms with Crippen LogP contribution in [0.25, 0.3) is 0 Å². The van der Waals surface area contributed by atoms with Crippen molar-refractivity contribution < 1.29 is 29.6 Å². The normalized spacial score (nSPS) is 36.0. The molecule has 0 radical (unpaired) electrons. The van der Waals surface area contributed by atoms with E-state index in [4.69, 9.17) is 14.9 Å². The molecule has 2 unspecified atom stereocenters. The van der Waals surface area contributed by atoms with Crippen LogP contribution in [0.5, 0.6) is 0 Å². The van der Waals surface area contributed by atoms with Crippen LogP contribution in [0.2, 0.25) is 0 Å². The molecule has 4 aliphatic carbocycles. The highest BCUT2D eigenvalue weighted by Gasteiger charge is 2.63. The Kier molecular flexibility index (Phi) is 5.37. The quantitative estimate of drug-likeness (QED) is 0.517. The van der Waals surface area contributed by atoms with Gasteiger partial charge in [0.2, 0.25) is 0 Å². The fourth-order valence-electron chi connectivity index (χ4n) is 5.79. The number of esters is 1. The van der Waals surface area contributed by atoms with Crippen molar-refractivity contribution in [3.05, 3.63) is 0 Å². The zero-order valence-electron chi connectivity index (χ0n) is 14.7. The summed E-state index contributed by atoms with van der Waals surface area (Å²) in [6, 6.07) is 0. The summed E-state index contributed by atoms with van der Waals surface area (Å²) in [6.07, 6.45) is 4.38. The molecule has 0 heterocycles. The molecule has 7 heteroatoms. The number of hydrogen-bond donors (Lipinski definition) is 3. The number of aliphatic hydroxyl groups excluding tert-OH is 2. The van der Waals surface area contributed by atoms with Gasteiger partial charge in [-0.25, -0.2) is 0 Å². The van der Waals surface area contributed by atoms with Crippen LogP contribution >= 0.6 is 0 Å². The molecule has 4 fully saturated rings. The second kappa shape index (κ2) is 7.21. The molecule has 0 aromatic rings. The van der Waals surface area contributed by atoms with Gasteiger partial charge in [0.15, 0.2) is 0 Å². The van der Waals surface area contributed by atoms with Crippen molar-refractivity contribution in [1.82, 2.24) is 4.90 Å². The Morgan fingerprint density at radius 2 is 1.52 bits per heavy atom. The molecule has 2 atom stereocenters. The summed E-state index contributed by atoms with van der Waals surface area (Å²) in [5, 5.41) is 27.8. The van der Waals surface area contributed by atoms with Crippen molar-refractivity contribution in [2.45, 2.75) is 38.5 Å². The van der Waals surface area contributed by atoms with Gasteiger partial charge in [-0.3, -0.25) is 14.5 Å². The topological polar surface area (TPSA) is 107 Å². The number of carboxylic acid groups (broad SMARTS) is 1. The molecular formula is C18H29NO6. The third kappa shape index (κ3) is 3.55. The number of ether oxygens (including phenoxy) is 1. The molecule has 0 saturated heterocycles. The van der Waals surface area contributed by atoms with E-state index in [1.54, 1.807) is 0 Å². The first-order valence-electron chi connectivity index (χ1n) is 9.28. The zero-order chi connectivity index (χ0) is 18.1. The van der Waals surface area contributed by atoms with Gasteiger partial charge in [0.25, 0.3) is 0 Å². The molecule has 25 heavy (non-hydrogen) atoms. The Hall–Kier alpha value is -1.18. The van der Waals surface area contributed by atoms with E-state index < -0.39 is 16.8 Å². The van der Waals surface area contributed by atoms with E-state index in [1.807, 2.05) is 4.90 Å². The Labute approximate surface area is 148 Å². The summed E-state index contributed by atoms with van der Waals surface area (Å²) in [4.78, 5) is 26.5. The minimum Gasteiger partial charge on any atom is -0.481 e. The second-order valence-corrected chi connectivity index (χ2v) is 8.25. The van der Waals surface area contributed by atoms with E-state index in [-0.39, 0.29) is 25.8 Å². The number of carbonyl (C=O) groups is 2. The molecule has 4 rings (SSSR count). The van der Waals surface area contributed by atoms with E-state index >= 15 is 0 Å². The van der Waals surface area contributed by atoms with Gasteiger partial charge in [-0.2, -0.15) is 0 Å². The van der Waals surface area contributed by atoms with Crippen LogP contribution in [-0.4, -0.2) is 71.6 Å². The van der Waals surface area contributed by atoms with Crippen LogP contribution in [0.3, 0.4) is 0 Å².